The Labute approximate surface area is 237 Å². The molecule has 0 atom stereocenters. The topological polar surface area (TPSA) is 76.0 Å². The Morgan fingerprint density at radius 1 is 0.525 bits per heavy atom. The van der Waals surface area contributed by atoms with Crippen LogP contribution in [0.5, 0.6) is 23.0 Å². The van der Waals surface area contributed by atoms with E-state index in [0.29, 0.717) is 11.5 Å². The lowest BCUT2D eigenvalue weighted by atomic mass is 9.77. The molecule has 4 rings (SSSR count). The quantitative estimate of drug-likeness (QED) is 0.190. The van der Waals surface area contributed by atoms with Gasteiger partial charge in [-0.15, -0.1) is 0 Å². The zero-order valence-corrected chi connectivity index (χ0v) is 24.5. The van der Waals surface area contributed by atoms with Gasteiger partial charge in [0.05, 0.1) is 0 Å². The summed E-state index contributed by atoms with van der Waals surface area (Å²) in [4.78, 5) is 12.7. The van der Waals surface area contributed by atoms with Gasteiger partial charge in [-0.1, -0.05) is 76.2 Å². The van der Waals surface area contributed by atoms with E-state index in [4.69, 9.17) is 9.47 Å². The molecule has 208 valence electrons. The molecule has 0 aliphatic rings. The van der Waals surface area contributed by atoms with Gasteiger partial charge in [0.25, 0.3) is 0 Å². The zero-order valence-electron chi connectivity index (χ0n) is 24.5. The first-order valence-electron chi connectivity index (χ1n) is 13.4. The molecule has 40 heavy (non-hydrogen) atoms. The number of hydrogen-bond donors (Lipinski definition) is 2. The lowest BCUT2D eigenvalue weighted by Gasteiger charge is -2.27. The maximum absolute atomic E-state index is 12.7. The predicted octanol–water partition coefficient (Wildman–Crippen LogP) is 8.56. The highest BCUT2D eigenvalue weighted by molar-refractivity contribution is 5.68. The Morgan fingerprint density at radius 3 is 1.12 bits per heavy atom. The Kier molecular flexibility index (Phi) is 7.71. The second-order valence-corrected chi connectivity index (χ2v) is 11.7. The molecule has 0 aliphatic heterocycles. The van der Waals surface area contributed by atoms with Crippen LogP contribution in [0.3, 0.4) is 0 Å². The van der Waals surface area contributed by atoms with Crippen LogP contribution in [-0.4, -0.2) is 16.4 Å². The standard InChI is InChI=1S/C35H38O5/c1-21-17-25(9-13-29(21)36)34(5,6)27-11-15-31(23(3)19-27)39-33(38)40-32-16-12-28(20-24(32)4)35(7,8)26-10-14-30(37)22(2)18-26/h9-20,36-37H,1-8H3. The highest BCUT2D eigenvalue weighted by Gasteiger charge is 2.26. The SMILES string of the molecule is Cc1cc(C(C)(C)c2ccc(OC(=O)Oc3ccc(C(C)(C)c4ccc(O)c(C)c4)cc3C)c(C)c2)ccc1O. The fourth-order valence-corrected chi connectivity index (χ4v) is 4.93. The van der Waals surface area contributed by atoms with Gasteiger partial charge in [-0.3, -0.25) is 0 Å². The van der Waals surface area contributed by atoms with Crippen molar-refractivity contribution in [2.24, 2.45) is 0 Å². The van der Waals surface area contributed by atoms with Crippen LogP contribution in [0.25, 0.3) is 0 Å². The number of benzene rings is 4. The van der Waals surface area contributed by atoms with Gasteiger partial charge in [-0.2, -0.15) is 0 Å². The molecule has 0 aromatic heterocycles. The Balaban J connectivity index is 1.48. The lowest BCUT2D eigenvalue weighted by molar-refractivity contribution is 0.151. The number of carbonyl (C=O) groups is 1. The van der Waals surface area contributed by atoms with Crippen molar-refractivity contribution in [3.8, 4) is 23.0 Å². The highest BCUT2D eigenvalue weighted by Crippen LogP contribution is 2.37. The van der Waals surface area contributed by atoms with E-state index in [0.717, 1.165) is 44.5 Å². The Morgan fingerprint density at radius 2 is 0.825 bits per heavy atom. The molecule has 2 N–H and O–H groups in total. The number of rotatable bonds is 6. The summed E-state index contributed by atoms with van der Waals surface area (Å²) in [5.74, 6) is 1.42. The second-order valence-electron chi connectivity index (χ2n) is 11.7. The molecule has 0 saturated heterocycles. The van der Waals surface area contributed by atoms with E-state index in [1.165, 1.54) is 0 Å². The van der Waals surface area contributed by atoms with E-state index < -0.39 is 6.16 Å². The highest BCUT2D eigenvalue weighted by atomic mass is 16.7. The summed E-state index contributed by atoms with van der Waals surface area (Å²) < 4.78 is 11.2. The molecule has 0 spiro atoms. The van der Waals surface area contributed by atoms with E-state index in [2.05, 4.69) is 27.7 Å². The molecule has 0 fully saturated rings. The first-order chi connectivity index (χ1) is 18.7. The number of phenols is 2. The third-order valence-corrected chi connectivity index (χ3v) is 8.02. The summed E-state index contributed by atoms with van der Waals surface area (Å²) in [7, 11) is 0. The summed E-state index contributed by atoms with van der Waals surface area (Å²) >= 11 is 0. The third kappa shape index (κ3) is 5.69. The molecule has 4 aromatic carbocycles. The van der Waals surface area contributed by atoms with Gasteiger partial charge in [0.15, 0.2) is 0 Å². The molecule has 0 saturated carbocycles. The van der Waals surface area contributed by atoms with Gasteiger partial charge < -0.3 is 19.7 Å². The summed E-state index contributed by atoms with van der Waals surface area (Å²) in [5.41, 5.74) is 6.95. The predicted molar refractivity (Wildman–Crippen MR) is 159 cm³/mol. The van der Waals surface area contributed by atoms with E-state index in [1.807, 2.05) is 76.2 Å². The van der Waals surface area contributed by atoms with Gasteiger partial charge in [-0.25, -0.2) is 4.79 Å². The van der Waals surface area contributed by atoms with Gasteiger partial charge in [0, 0.05) is 10.8 Å². The minimum atomic E-state index is -0.798. The average Bonchev–Trinajstić information content (AvgIpc) is 2.89. The number of aromatic hydroxyl groups is 2. The lowest BCUT2D eigenvalue weighted by Crippen LogP contribution is -2.20. The molecule has 5 heteroatoms. The summed E-state index contributed by atoms with van der Waals surface area (Å²) in [5, 5.41) is 19.8. The maximum atomic E-state index is 12.7. The van der Waals surface area contributed by atoms with Crippen molar-refractivity contribution < 1.29 is 24.5 Å². The fourth-order valence-electron chi connectivity index (χ4n) is 4.93. The number of phenolic OH excluding ortho intramolecular Hbond substituents is 2. The molecule has 0 aliphatic carbocycles. The summed E-state index contributed by atoms with van der Waals surface area (Å²) in [6.45, 7) is 16.1. The van der Waals surface area contributed by atoms with Gasteiger partial charge in [-0.05, 0) is 96.5 Å². The Bertz CT molecular complexity index is 1460. The first kappa shape index (κ1) is 28.8. The largest absolute Gasteiger partial charge is 0.519 e. The summed E-state index contributed by atoms with van der Waals surface area (Å²) in [6.07, 6.45) is -0.798. The third-order valence-electron chi connectivity index (χ3n) is 8.02. The molecule has 0 heterocycles. The molecule has 0 bridgehead atoms. The van der Waals surface area contributed by atoms with Crippen LogP contribution in [0.2, 0.25) is 0 Å². The number of aryl methyl sites for hydroxylation is 4. The normalized spacial score (nSPS) is 11.8. The fraction of sp³-hybridized carbons (Fsp3) is 0.286. The van der Waals surface area contributed by atoms with Crippen LogP contribution >= 0.6 is 0 Å². The Hall–Kier alpha value is -4.25. The smallest absolute Gasteiger partial charge is 0.508 e. The molecule has 0 amide bonds. The minimum Gasteiger partial charge on any atom is -0.508 e. The van der Waals surface area contributed by atoms with E-state index in [1.54, 1.807) is 24.3 Å². The second kappa shape index (κ2) is 10.7. The molecular formula is C35H38O5. The van der Waals surface area contributed by atoms with Gasteiger partial charge >= 0.3 is 6.16 Å². The van der Waals surface area contributed by atoms with Crippen LogP contribution in [0.4, 0.5) is 4.79 Å². The van der Waals surface area contributed by atoms with Crippen molar-refractivity contribution in [3.63, 3.8) is 0 Å². The molecule has 4 aromatic rings. The van der Waals surface area contributed by atoms with Crippen molar-refractivity contribution in [3.05, 3.63) is 117 Å². The van der Waals surface area contributed by atoms with E-state index in [9.17, 15) is 15.0 Å². The van der Waals surface area contributed by atoms with Gasteiger partial charge in [0.1, 0.15) is 23.0 Å². The number of ether oxygens (including phenoxy) is 2. The van der Waals surface area contributed by atoms with E-state index >= 15 is 0 Å². The zero-order chi connectivity index (χ0) is 29.4. The van der Waals surface area contributed by atoms with Crippen LogP contribution in [-0.2, 0) is 10.8 Å². The van der Waals surface area contributed by atoms with Crippen molar-refractivity contribution in [1.82, 2.24) is 0 Å². The first-order valence-corrected chi connectivity index (χ1v) is 13.4. The molecule has 0 radical (unpaired) electrons. The van der Waals surface area contributed by atoms with Crippen LogP contribution in [0.1, 0.15) is 72.2 Å². The number of hydrogen-bond acceptors (Lipinski definition) is 5. The minimum absolute atomic E-state index is 0.277. The molecule has 5 nitrogen and oxygen atoms in total. The van der Waals surface area contributed by atoms with Crippen molar-refractivity contribution in [1.29, 1.82) is 0 Å². The van der Waals surface area contributed by atoms with Crippen molar-refractivity contribution in [2.45, 2.75) is 66.2 Å². The van der Waals surface area contributed by atoms with Crippen molar-refractivity contribution in [2.75, 3.05) is 0 Å². The van der Waals surface area contributed by atoms with Crippen LogP contribution in [0, 0.1) is 27.7 Å². The van der Waals surface area contributed by atoms with Crippen molar-refractivity contribution >= 4 is 6.16 Å². The van der Waals surface area contributed by atoms with E-state index in [-0.39, 0.29) is 22.3 Å². The molecular weight excluding hydrogens is 500 g/mol. The number of carbonyl (C=O) groups excluding carboxylic acids is 1. The summed E-state index contributed by atoms with van der Waals surface area (Å²) in [6, 6.07) is 22.8. The van der Waals surface area contributed by atoms with Crippen LogP contribution < -0.4 is 9.47 Å². The maximum Gasteiger partial charge on any atom is 0.519 e. The monoisotopic (exact) mass is 538 g/mol. The molecule has 0 unspecified atom stereocenters. The van der Waals surface area contributed by atoms with Crippen LogP contribution in [0.15, 0.2) is 72.8 Å². The average molecular weight is 539 g/mol. The van der Waals surface area contributed by atoms with Gasteiger partial charge in [0.2, 0.25) is 0 Å².